The Balaban J connectivity index is 3.47. The number of rotatable bonds is 4. The molecule has 0 bridgehead atoms. The maximum absolute atomic E-state index is 12.2. The van der Waals surface area contributed by atoms with Crippen molar-refractivity contribution in [3.8, 4) is 5.75 Å². The molecule has 0 spiro atoms. The molecule has 0 aromatic heterocycles. The quantitative estimate of drug-likeness (QED) is 0.924. The Morgan fingerprint density at radius 3 is 3.37 bits per heavy atom. The lowest BCUT2D eigenvalue weighted by atomic mass is 9.71. The molecule has 1 fully saturated rings. The average molecular weight is 288 g/mol. The molecule has 1 saturated carbocycles. The fourth-order valence-electron chi connectivity index (χ4n) is 1.34. The van der Waals surface area contributed by atoms with Gasteiger partial charge in [0.05, 0.1) is 22.2 Å². The van der Waals surface area contributed by atoms with E-state index in [1.807, 2.05) is 0 Å². The fraction of sp³-hybridized carbons (Fsp3) is 0.625. The predicted octanol–water partition coefficient (Wildman–Crippen LogP) is 2.63. The molecular weight excluding hydrogens is 238 g/mol. The van der Waals surface area contributed by atoms with Crippen LogP contribution in [-0.4, -0.2) is 37.5 Å². The summed E-state index contributed by atoms with van der Waals surface area (Å²) in [6.07, 6.45) is -18.2. The van der Waals surface area contributed by atoms with Gasteiger partial charge in [0.25, 0.3) is 0 Å². The van der Waals surface area contributed by atoms with E-state index in [0.717, 1.165) is 0 Å². The van der Waals surface area contributed by atoms with Crippen molar-refractivity contribution in [3.63, 3.8) is 0 Å². The van der Waals surface area contributed by atoms with Gasteiger partial charge >= 0.3 is 0 Å². The van der Waals surface area contributed by atoms with Crippen molar-refractivity contribution in [2.24, 2.45) is 5.89 Å². The number of hydrogen-bond donors (Lipinski definition) is 1. The molecule has 0 amide bonds. The van der Waals surface area contributed by atoms with Gasteiger partial charge in [-0.05, 0) is 44.3 Å². The van der Waals surface area contributed by atoms with Crippen LogP contribution in [0.25, 0.3) is 0 Å². The third-order valence-corrected chi connectivity index (χ3v) is 2.14. The molecule has 1 aliphatic carbocycles. The highest BCUT2D eigenvalue weighted by atomic mass is 16.5. The van der Waals surface area contributed by atoms with Crippen molar-refractivity contribution < 1.29 is 42.7 Å². The van der Waals surface area contributed by atoms with Gasteiger partial charge in [0.15, 0.2) is 0 Å². The van der Waals surface area contributed by atoms with E-state index in [1.54, 1.807) is 0 Å². The van der Waals surface area contributed by atoms with Crippen molar-refractivity contribution in [3.05, 3.63) is 29.7 Å². The first-order valence-electron chi connectivity index (χ1n) is 16.8. The first-order valence-corrected chi connectivity index (χ1v) is 4.80. The zero-order valence-corrected chi connectivity index (χ0v) is 9.30. The van der Waals surface area contributed by atoms with Crippen LogP contribution in [0.1, 0.15) is 64.0 Å². The molecule has 0 saturated heterocycles. The summed E-state index contributed by atoms with van der Waals surface area (Å²) in [6.45, 7) is -13.2. The molecule has 1 N–H and O–H groups in total. The molecule has 1 aromatic carbocycles. The first-order chi connectivity index (χ1) is 18.5. The summed E-state index contributed by atoms with van der Waals surface area (Å²) < 4.78 is 198. The lowest BCUT2D eigenvalue weighted by molar-refractivity contribution is -0.0619. The van der Waals surface area contributed by atoms with E-state index in [-0.39, 0.29) is 0 Å². The van der Waals surface area contributed by atoms with Gasteiger partial charge in [-0.1, -0.05) is 24.8 Å². The molecule has 0 radical (unpaired) electrons. The highest BCUT2D eigenvalue weighted by Gasteiger charge is 2.40. The zero-order chi connectivity index (χ0) is 34.7. The number of aliphatic hydroxyl groups is 1. The van der Waals surface area contributed by atoms with Crippen LogP contribution < -0.4 is 4.74 Å². The lowest BCUT2D eigenvalue weighted by Crippen LogP contribution is -2.43. The third kappa shape index (κ3) is 3.10. The maximum atomic E-state index is 12.2. The van der Waals surface area contributed by atoms with Crippen molar-refractivity contribution in [1.82, 2.24) is 4.90 Å². The van der Waals surface area contributed by atoms with Gasteiger partial charge < -0.3 is 14.7 Å². The first kappa shape index (κ1) is 2.79. The summed E-state index contributed by atoms with van der Waals surface area (Å²) in [4.78, 5) is -1.15. The van der Waals surface area contributed by atoms with Crippen molar-refractivity contribution in [2.45, 2.75) is 31.1 Å². The molecule has 1 aliphatic rings. The van der Waals surface area contributed by atoms with E-state index in [2.05, 4.69) is 4.74 Å². The molecule has 19 heavy (non-hydrogen) atoms. The van der Waals surface area contributed by atoms with Gasteiger partial charge in [-0.2, -0.15) is 0 Å². The van der Waals surface area contributed by atoms with Gasteiger partial charge in [-0.25, -0.2) is 0 Å². The van der Waals surface area contributed by atoms with E-state index in [9.17, 15) is 5.11 Å². The molecule has 2 rings (SSSR count). The molecule has 106 valence electrons. The van der Waals surface area contributed by atoms with Crippen LogP contribution in [0.3, 0.4) is 0 Å². The largest absolute Gasteiger partial charge is 0.497 e. The average Bonchev–Trinajstić information content (AvgIpc) is 2.75. The Kier molecular flexibility index (Phi) is 0.871. The van der Waals surface area contributed by atoms with Gasteiger partial charge in [0, 0.05) is 35.7 Å². The lowest BCUT2D eigenvalue weighted by Gasteiger charge is -2.41. The fourth-order valence-corrected chi connectivity index (χ4v) is 1.34. The van der Waals surface area contributed by atoms with Crippen LogP contribution in [0.2, 0.25) is 0 Å². The summed E-state index contributed by atoms with van der Waals surface area (Å²) in [7, 11) is -3.57. The van der Waals surface area contributed by atoms with Crippen LogP contribution in [0.15, 0.2) is 24.2 Å². The summed E-state index contributed by atoms with van der Waals surface area (Å²) in [5, 5.41) is 12.2. The van der Waals surface area contributed by atoms with Crippen LogP contribution in [0, 0.1) is 5.89 Å². The van der Waals surface area contributed by atoms with Crippen LogP contribution in [0.5, 0.6) is 5.75 Å². The Bertz CT molecular complexity index is 1260. The maximum Gasteiger partial charge on any atom is 0.119 e. The molecule has 3 nitrogen and oxygen atoms in total. The van der Waals surface area contributed by atoms with Crippen molar-refractivity contribution >= 4 is 0 Å². The summed E-state index contributed by atoms with van der Waals surface area (Å²) >= 11 is 0. The monoisotopic (exact) mass is 287 g/mol. The Morgan fingerprint density at radius 1 is 1.68 bits per heavy atom. The van der Waals surface area contributed by atoms with E-state index in [1.165, 1.54) is 0 Å². The zero-order valence-electron chi connectivity index (χ0n) is 33.3. The minimum atomic E-state index is -4.97. The van der Waals surface area contributed by atoms with E-state index >= 15 is 0 Å². The van der Waals surface area contributed by atoms with Crippen molar-refractivity contribution in [1.29, 1.82) is 0 Å². The summed E-state index contributed by atoms with van der Waals surface area (Å²) in [6, 6.07) is -6.42. The number of nitrogens with zero attached hydrogens (tertiary/aromatic N) is 1. The number of hydrogen-bond acceptors (Lipinski definition) is 3. The minimum absolute atomic E-state index is 1.15. The van der Waals surface area contributed by atoms with E-state index in [0.29, 0.717) is 0 Å². The molecule has 1 aromatic rings. The second kappa shape index (κ2) is 5.93. The van der Waals surface area contributed by atoms with Gasteiger partial charge in [0.1, 0.15) is 5.75 Å². The molecule has 3 heteroatoms. The Morgan fingerprint density at radius 2 is 2.58 bits per heavy atom. The number of benzene rings is 1. The van der Waals surface area contributed by atoms with Crippen LogP contribution in [0.4, 0.5) is 0 Å². The second-order valence-corrected chi connectivity index (χ2v) is 3.34. The van der Waals surface area contributed by atoms with Crippen molar-refractivity contribution in [2.75, 3.05) is 27.5 Å². The predicted molar refractivity (Wildman–Crippen MR) is 77.4 cm³/mol. The number of ether oxygens (including phenoxy) is 1. The minimum Gasteiger partial charge on any atom is -0.497 e. The second-order valence-electron chi connectivity index (χ2n) is 3.34. The summed E-state index contributed by atoms with van der Waals surface area (Å²) in [5.74, 6) is -6.52. The topological polar surface area (TPSA) is 32.7 Å². The molecule has 0 aliphatic heterocycles. The van der Waals surface area contributed by atoms with Gasteiger partial charge in [-0.3, -0.25) is 0 Å². The Labute approximate surface area is 149 Å². The normalized spacial score (nSPS) is 63.3. The molecule has 0 unspecified atom stereocenters. The van der Waals surface area contributed by atoms with Crippen LogP contribution in [-0.2, 0) is 5.60 Å². The van der Waals surface area contributed by atoms with Gasteiger partial charge in [-0.15, -0.1) is 0 Å². The summed E-state index contributed by atoms with van der Waals surface area (Å²) in [5.41, 5.74) is -6.86. The highest BCUT2D eigenvalue weighted by Crippen LogP contribution is 2.42. The smallest absolute Gasteiger partial charge is 0.119 e. The highest BCUT2D eigenvalue weighted by molar-refractivity contribution is 5.33. The van der Waals surface area contributed by atoms with E-state index < -0.39 is 105 Å². The number of methoxy groups -OCH3 is 1. The molecular formula is C16H25NO2. The molecule has 2 atom stereocenters. The SMILES string of the molecule is [2H]c1c([2H])c(OC([2H])([2H])[2H])c([2H])c([C@@]2(O)C([2H])([2H])C([2H])([2H])C([2H])([2H])C([2H])([2H])[C@]2([2H])C([2H])([2H])N(C([2H])([2H])[2H])C([2H])([2H])[2H])c1[2H]. The third-order valence-electron chi connectivity index (χ3n) is 2.14. The molecule has 0 heterocycles. The Hall–Kier alpha value is -1.06. The van der Waals surface area contributed by atoms with E-state index in [4.69, 9.17) is 32.9 Å². The van der Waals surface area contributed by atoms with Crippen LogP contribution >= 0.6 is 0 Å². The van der Waals surface area contributed by atoms with Gasteiger partial charge in [0.2, 0.25) is 0 Å². The standard InChI is InChI=1S/C16H25NO2/c1-17(2)12-14-7-4-5-10-16(14,18)13-8-6-9-15(11-13)19-3/h6,8-9,11,14,18H,4-5,7,10,12H2,1-3H3/t14-,16+/m1/s1/i1D3,2D3,3D3,4D2,5D2,6D,7D2,8D,9D,10D2,11D,12D2,14D.